The minimum atomic E-state index is -0.365. The molecule has 5 nitrogen and oxygen atoms in total. The number of hydrogen-bond donors (Lipinski definition) is 1. The summed E-state index contributed by atoms with van der Waals surface area (Å²) in [5.74, 6) is 0.365. The fourth-order valence-corrected chi connectivity index (χ4v) is 3.45. The molecule has 0 bridgehead atoms. The molecule has 2 aromatic heterocycles. The van der Waals surface area contributed by atoms with E-state index in [0.717, 1.165) is 22.6 Å². The summed E-state index contributed by atoms with van der Waals surface area (Å²) in [7, 11) is 1.62. The number of benzene rings is 1. The normalized spacial score (nSPS) is 10.6. The second kappa shape index (κ2) is 7.51. The molecule has 128 valence electrons. The zero-order chi connectivity index (χ0) is 18.0. The molecule has 0 saturated heterocycles. The van der Waals surface area contributed by atoms with E-state index >= 15 is 0 Å². The van der Waals surface area contributed by atoms with Crippen molar-refractivity contribution in [3.8, 4) is 17.0 Å². The minimum Gasteiger partial charge on any atom is -0.496 e. The predicted octanol–water partition coefficient (Wildman–Crippen LogP) is 5.19. The summed E-state index contributed by atoms with van der Waals surface area (Å²) in [5.41, 5.74) is 2.99. The van der Waals surface area contributed by atoms with Crippen molar-refractivity contribution in [3.05, 3.63) is 56.6 Å². The van der Waals surface area contributed by atoms with Crippen LogP contribution < -0.4 is 10.1 Å². The Hall–Kier alpha value is -1.96. The lowest BCUT2D eigenvalue weighted by molar-refractivity contribution is 0.102. The van der Waals surface area contributed by atoms with E-state index in [1.165, 1.54) is 17.5 Å². The number of carbonyl (C=O) groups excluding carboxylic acids is 1. The molecule has 25 heavy (non-hydrogen) atoms. The molecule has 3 rings (SSSR count). The van der Waals surface area contributed by atoms with Crippen LogP contribution in [0.4, 0.5) is 5.13 Å². The number of aryl methyl sites for hydroxylation is 1. The summed E-state index contributed by atoms with van der Waals surface area (Å²) in [4.78, 5) is 20.8. The molecule has 0 radical (unpaired) electrons. The molecule has 3 aromatic rings. The van der Waals surface area contributed by atoms with Crippen molar-refractivity contribution in [2.45, 2.75) is 6.92 Å². The quantitative estimate of drug-likeness (QED) is 0.569. The number of ether oxygens (including phenoxy) is 1. The Balaban J connectivity index is 1.86. The molecule has 0 aliphatic rings. The van der Waals surface area contributed by atoms with E-state index in [1.54, 1.807) is 13.2 Å². The first-order valence-electron chi connectivity index (χ1n) is 7.21. The molecule has 1 amide bonds. The third-order valence-corrected chi connectivity index (χ3v) is 4.90. The molecule has 0 aliphatic carbocycles. The van der Waals surface area contributed by atoms with Crippen LogP contribution in [-0.4, -0.2) is 23.0 Å². The Bertz CT molecular complexity index is 945. The molecule has 0 spiro atoms. The monoisotopic (exact) mass is 437 g/mol. The van der Waals surface area contributed by atoms with Gasteiger partial charge in [0.05, 0.1) is 18.4 Å². The summed E-state index contributed by atoms with van der Waals surface area (Å²) in [6.07, 6.45) is 1.53. The molecule has 1 aromatic carbocycles. The number of thiazole rings is 1. The number of nitrogens with one attached hydrogen (secondary N) is 1. The third kappa shape index (κ3) is 4.00. The lowest BCUT2D eigenvalue weighted by Crippen LogP contribution is -2.12. The number of methoxy groups -OCH3 is 1. The Morgan fingerprint density at radius 1 is 1.36 bits per heavy atom. The molecular weight excluding hydrogens is 426 g/mol. The van der Waals surface area contributed by atoms with Crippen molar-refractivity contribution in [1.29, 1.82) is 0 Å². The minimum absolute atomic E-state index is 0.137. The highest BCUT2D eigenvalue weighted by Gasteiger charge is 2.16. The van der Waals surface area contributed by atoms with Crippen LogP contribution in [0.1, 0.15) is 15.9 Å². The van der Waals surface area contributed by atoms with Gasteiger partial charge in [0.2, 0.25) is 0 Å². The van der Waals surface area contributed by atoms with Crippen LogP contribution in [0.5, 0.6) is 5.75 Å². The average Bonchev–Trinajstić information content (AvgIpc) is 3.05. The summed E-state index contributed by atoms with van der Waals surface area (Å²) in [5, 5.41) is 5.23. The fourth-order valence-electron chi connectivity index (χ4n) is 2.22. The van der Waals surface area contributed by atoms with Gasteiger partial charge < -0.3 is 4.74 Å². The molecule has 0 fully saturated rings. The van der Waals surface area contributed by atoms with Crippen LogP contribution in [0.2, 0.25) is 5.15 Å². The summed E-state index contributed by atoms with van der Waals surface area (Å²) < 4.78 is 6.06. The third-order valence-electron chi connectivity index (χ3n) is 3.41. The van der Waals surface area contributed by atoms with Gasteiger partial charge in [0.1, 0.15) is 10.9 Å². The maximum atomic E-state index is 12.4. The first kappa shape index (κ1) is 17.8. The maximum absolute atomic E-state index is 12.4. The van der Waals surface area contributed by atoms with E-state index in [1.807, 2.05) is 30.5 Å². The number of halogens is 2. The van der Waals surface area contributed by atoms with Crippen molar-refractivity contribution >= 4 is 49.9 Å². The van der Waals surface area contributed by atoms with Crippen molar-refractivity contribution < 1.29 is 9.53 Å². The highest BCUT2D eigenvalue weighted by Crippen LogP contribution is 2.33. The van der Waals surface area contributed by atoms with Gasteiger partial charge in [0.15, 0.2) is 5.13 Å². The highest BCUT2D eigenvalue weighted by atomic mass is 79.9. The second-order valence-corrected chi connectivity index (χ2v) is 7.32. The molecule has 2 heterocycles. The Kier molecular flexibility index (Phi) is 5.36. The van der Waals surface area contributed by atoms with Gasteiger partial charge in [-0.3, -0.25) is 10.1 Å². The van der Waals surface area contributed by atoms with Crippen molar-refractivity contribution in [2.75, 3.05) is 12.4 Å². The topological polar surface area (TPSA) is 64.1 Å². The van der Waals surface area contributed by atoms with E-state index in [0.29, 0.717) is 9.60 Å². The van der Waals surface area contributed by atoms with E-state index < -0.39 is 0 Å². The Morgan fingerprint density at radius 2 is 2.16 bits per heavy atom. The molecule has 8 heteroatoms. The number of pyridine rings is 1. The van der Waals surface area contributed by atoms with E-state index in [-0.39, 0.29) is 16.6 Å². The number of hydrogen-bond acceptors (Lipinski definition) is 5. The van der Waals surface area contributed by atoms with Crippen LogP contribution in [0.15, 0.2) is 40.3 Å². The van der Waals surface area contributed by atoms with Gasteiger partial charge in [-0.05, 0) is 41.1 Å². The van der Waals surface area contributed by atoms with Crippen molar-refractivity contribution in [3.63, 3.8) is 0 Å². The number of nitrogens with zero attached hydrogens (tertiary/aromatic N) is 2. The van der Waals surface area contributed by atoms with Gasteiger partial charge in [0, 0.05) is 21.6 Å². The highest BCUT2D eigenvalue weighted by molar-refractivity contribution is 9.10. The van der Waals surface area contributed by atoms with Gasteiger partial charge >= 0.3 is 0 Å². The van der Waals surface area contributed by atoms with Crippen molar-refractivity contribution in [1.82, 2.24) is 9.97 Å². The number of rotatable bonds is 4. The zero-order valence-corrected chi connectivity index (χ0v) is 16.5. The fraction of sp³-hybridized carbons (Fsp3) is 0.118. The number of amides is 1. The molecule has 0 unspecified atom stereocenters. The summed E-state index contributed by atoms with van der Waals surface area (Å²) in [6, 6.07) is 7.48. The van der Waals surface area contributed by atoms with Crippen LogP contribution >= 0.6 is 38.9 Å². The van der Waals surface area contributed by atoms with Gasteiger partial charge in [-0.1, -0.05) is 23.2 Å². The lowest BCUT2D eigenvalue weighted by atomic mass is 10.1. The SMILES string of the molecule is COc1ccc(C)cc1-c1csc(NC(=O)c2cc(Br)cnc2Cl)n1. The lowest BCUT2D eigenvalue weighted by Gasteiger charge is -2.07. The molecular formula is C17H13BrClN3O2S. The zero-order valence-electron chi connectivity index (χ0n) is 13.3. The summed E-state index contributed by atoms with van der Waals surface area (Å²) in [6.45, 7) is 2.00. The second-order valence-electron chi connectivity index (χ2n) is 5.19. The van der Waals surface area contributed by atoms with E-state index in [4.69, 9.17) is 16.3 Å². The average molecular weight is 439 g/mol. The smallest absolute Gasteiger partial charge is 0.260 e. The molecule has 0 atom stereocenters. The van der Waals surface area contributed by atoms with E-state index in [2.05, 4.69) is 31.2 Å². The summed E-state index contributed by atoms with van der Waals surface area (Å²) >= 11 is 10.6. The molecule has 0 saturated carbocycles. The first-order chi connectivity index (χ1) is 12.0. The standard InChI is InChI=1S/C17H13BrClN3O2S/c1-9-3-4-14(24-2)11(5-9)13-8-25-17(21-13)22-16(23)12-6-10(18)7-20-15(12)19/h3-8H,1-2H3,(H,21,22,23). The van der Waals surface area contributed by atoms with Gasteiger partial charge in [-0.2, -0.15) is 0 Å². The van der Waals surface area contributed by atoms with Gasteiger partial charge in [0.25, 0.3) is 5.91 Å². The van der Waals surface area contributed by atoms with Crippen LogP contribution in [0.3, 0.4) is 0 Å². The maximum Gasteiger partial charge on any atom is 0.260 e. The van der Waals surface area contributed by atoms with Gasteiger partial charge in [-0.25, -0.2) is 9.97 Å². The van der Waals surface area contributed by atoms with E-state index in [9.17, 15) is 4.79 Å². The van der Waals surface area contributed by atoms with Crippen LogP contribution in [-0.2, 0) is 0 Å². The van der Waals surface area contributed by atoms with Crippen molar-refractivity contribution in [2.24, 2.45) is 0 Å². The predicted molar refractivity (Wildman–Crippen MR) is 104 cm³/mol. The molecule has 1 N–H and O–H groups in total. The number of carbonyl (C=O) groups is 1. The first-order valence-corrected chi connectivity index (χ1v) is 9.26. The number of anilines is 1. The largest absolute Gasteiger partial charge is 0.496 e. The number of aromatic nitrogens is 2. The Morgan fingerprint density at radius 3 is 2.92 bits per heavy atom. The van der Waals surface area contributed by atoms with Gasteiger partial charge in [-0.15, -0.1) is 11.3 Å². The van der Waals surface area contributed by atoms with Crippen LogP contribution in [0.25, 0.3) is 11.3 Å². The van der Waals surface area contributed by atoms with Crippen LogP contribution in [0, 0.1) is 6.92 Å². The molecule has 0 aliphatic heterocycles. The Labute approximate surface area is 162 Å².